The van der Waals surface area contributed by atoms with Gasteiger partial charge in [-0.3, -0.25) is 9.36 Å². The van der Waals surface area contributed by atoms with Crippen LogP contribution in [0.5, 0.6) is 0 Å². The first-order chi connectivity index (χ1) is 4.81. The molecule has 7 nitrogen and oxygen atoms in total. The third kappa shape index (κ3) is 7.44. The fourth-order valence-corrected chi connectivity index (χ4v) is 0.917. The lowest BCUT2D eigenvalue weighted by Gasteiger charge is -2.25. The van der Waals surface area contributed by atoms with E-state index in [0.717, 1.165) is 0 Å². The summed E-state index contributed by atoms with van der Waals surface area (Å²) in [5.74, 6) is -1.42. The lowest BCUT2D eigenvalue weighted by Crippen LogP contribution is -2.24. The van der Waals surface area contributed by atoms with Gasteiger partial charge in [-0.05, 0) is 0 Å². The average Bonchev–Trinajstić information content (AvgIpc) is 1.53. The van der Waals surface area contributed by atoms with Crippen LogP contribution in [-0.2, 0) is 9.36 Å². The van der Waals surface area contributed by atoms with E-state index in [-0.39, 0.29) is 5.06 Å². The summed E-state index contributed by atoms with van der Waals surface area (Å²) in [6, 6.07) is 0. The highest BCUT2D eigenvalue weighted by molar-refractivity contribution is 7.51. The summed E-state index contributed by atoms with van der Waals surface area (Å²) in [6.07, 6.45) is -1.08. The van der Waals surface area contributed by atoms with Gasteiger partial charge in [0.05, 0.1) is 12.8 Å². The van der Waals surface area contributed by atoms with E-state index in [1.807, 2.05) is 0 Å². The highest BCUT2D eigenvalue weighted by Crippen LogP contribution is 2.34. The van der Waals surface area contributed by atoms with Crippen LogP contribution in [-0.4, -0.2) is 38.8 Å². The Hall–Kier alpha value is -0.460. The van der Waals surface area contributed by atoms with Crippen molar-refractivity contribution in [2.45, 2.75) is 0 Å². The molecule has 0 amide bonds. The Morgan fingerprint density at radius 2 is 2.00 bits per heavy atom. The maximum atomic E-state index is 10.3. The first-order valence-electron chi connectivity index (χ1n) is 2.50. The third-order valence-corrected chi connectivity index (χ3v) is 1.34. The van der Waals surface area contributed by atoms with Crippen molar-refractivity contribution in [3.05, 3.63) is 5.21 Å². The lowest BCUT2D eigenvalue weighted by molar-refractivity contribution is -0.137. The van der Waals surface area contributed by atoms with Crippen molar-refractivity contribution < 1.29 is 24.3 Å². The summed E-state index contributed by atoms with van der Waals surface area (Å²) in [6.45, 7) is -0.925. The van der Waals surface area contributed by atoms with Crippen molar-refractivity contribution >= 4 is 13.6 Å². The lowest BCUT2D eigenvalue weighted by atomic mass is 10.7. The second-order valence-corrected chi connectivity index (χ2v) is 3.45. The fourth-order valence-electron chi connectivity index (χ4n) is 0.406. The molecule has 0 aliphatic rings. The first kappa shape index (κ1) is 10.5. The standard InChI is InChI=1S/C3H7NO6P/c5-3(6)1-4(7)2-11(8,9)10/h1-2H2,(H,5,6)(H2,8,9,10)/q-1. The largest absolute Gasteiger partial charge is 0.784 e. The molecule has 8 heteroatoms. The molecule has 0 atom stereocenters. The molecular formula is C3H7NO6P-. The summed E-state index contributed by atoms with van der Waals surface area (Å²) >= 11 is 0. The molecule has 66 valence electrons. The molecule has 0 saturated carbocycles. The molecular weight excluding hydrogens is 177 g/mol. The van der Waals surface area contributed by atoms with E-state index in [1.54, 1.807) is 0 Å². The Bertz CT molecular complexity index is 186. The second-order valence-electron chi connectivity index (χ2n) is 1.84. The van der Waals surface area contributed by atoms with Crippen LogP contribution in [0.4, 0.5) is 0 Å². The molecule has 0 aliphatic heterocycles. The Kier molecular flexibility index (Phi) is 3.64. The molecule has 0 aromatic rings. The van der Waals surface area contributed by atoms with Crippen LogP contribution >= 0.6 is 7.60 Å². The zero-order chi connectivity index (χ0) is 9.07. The Balaban J connectivity index is 3.79. The summed E-state index contributed by atoms with van der Waals surface area (Å²) in [5, 5.41) is 18.1. The number of hydrogen-bond donors (Lipinski definition) is 3. The van der Waals surface area contributed by atoms with Gasteiger partial charge in [0.25, 0.3) is 0 Å². The molecule has 11 heavy (non-hydrogen) atoms. The van der Waals surface area contributed by atoms with E-state index in [4.69, 9.17) is 14.9 Å². The van der Waals surface area contributed by atoms with Crippen molar-refractivity contribution in [2.75, 3.05) is 12.8 Å². The number of carboxylic acids is 1. The van der Waals surface area contributed by atoms with Gasteiger partial charge in [-0.2, -0.15) is 0 Å². The molecule has 0 aromatic heterocycles. The van der Waals surface area contributed by atoms with Gasteiger partial charge in [-0.25, -0.2) is 0 Å². The molecule has 0 rings (SSSR count). The SMILES string of the molecule is O=C(O)CN([O-])CP(=O)(O)O. The maximum Gasteiger partial charge on any atom is 0.338 e. The number of rotatable bonds is 4. The van der Waals surface area contributed by atoms with Crippen LogP contribution < -0.4 is 0 Å². The molecule has 3 N–H and O–H groups in total. The van der Waals surface area contributed by atoms with Gasteiger partial charge >= 0.3 is 13.6 Å². The van der Waals surface area contributed by atoms with Crippen LogP contribution in [0.25, 0.3) is 0 Å². The number of hydrogen-bond acceptors (Lipinski definition) is 4. The highest BCUT2D eigenvalue weighted by atomic mass is 31.2. The van der Waals surface area contributed by atoms with E-state index in [2.05, 4.69) is 0 Å². The molecule has 0 unspecified atom stereocenters. The predicted molar refractivity (Wildman–Crippen MR) is 34.6 cm³/mol. The maximum absolute atomic E-state index is 10.3. The smallest absolute Gasteiger partial charge is 0.338 e. The van der Waals surface area contributed by atoms with Crippen LogP contribution in [0.1, 0.15) is 0 Å². The zero-order valence-electron chi connectivity index (χ0n) is 5.38. The van der Waals surface area contributed by atoms with Gasteiger partial charge in [0, 0.05) is 0 Å². The Labute approximate surface area is 62.0 Å². The van der Waals surface area contributed by atoms with Gasteiger partial charge in [0.2, 0.25) is 0 Å². The van der Waals surface area contributed by atoms with Gasteiger partial charge in [-0.1, -0.05) is 0 Å². The summed E-state index contributed by atoms with van der Waals surface area (Å²) in [7, 11) is -4.43. The number of hydroxylamine groups is 2. The zero-order valence-corrected chi connectivity index (χ0v) is 6.27. The van der Waals surface area contributed by atoms with Crippen LogP contribution in [0.3, 0.4) is 0 Å². The molecule has 0 heterocycles. The monoisotopic (exact) mass is 184 g/mol. The molecule has 0 aromatic carbocycles. The molecule has 0 spiro atoms. The van der Waals surface area contributed by atoms with Gasteiger partial charge in [0.15, 0.2) is 0 Å². The Morgan fingerprint density at radius 3 is 2.27 bits per heavy atom. The van der Waals surface area contributed by atoms with Gasteiger partial charge in [0.1, 0.15) is 0 Å². The molecule has 0 fully saturated rings. The summed E-state index contributed by atoms with van der Waals surface area (Å²) in [4.78, 5) is 26.2. The van der Waals surface area contributed by atoms with Crippen molar-refractivity contribution in [1.29, 1.82) is 0 Å². The van der Waals surface area contributed by atoms with Crippen molar-refractivity contribution in [1.82, 2.24) is 5.06 Å². The molecule has 0 aliphatic carbocycles. The van der Waals surface area contributed by atoms with Crippen LogP contribution in [0.2, 0.25) is 0 Å². The quantitative estimate of drug-likeness (QED) is 0.378. The molecule has 0 radical (unpaired) electrons. The minimum atomic E-state index is -4.43. The van der Waals surface area contributed by atoms with Crippen molar-refractivity contribution in [3.63, 3.8) is 0 Å². The average molecular weight is 184 g/mol. The number of nitrogens with zero attached hydrogens (tertiary/aromatic N) is 1. The van der Waals surface area contributed by atoms with Crippen molar-refractivity contribution in [3.8, 4) is 0 Å². The Morgan fingerprint density at radius 1 is 1.55 bits per heavy atom. The van der Waals surface area contributed by atoms with Crippen LogP contribution in [0.15, 0.2) is 0 Å². The van der Waals surface area contributed by atoms with E-state index in [0.29, 0.717) is 0 Å². The predicted octanol–water partition coefficient (Wildman–Crippen LogP) is -0.994. The van der Waals surface area contributed by atoms with Gasteiger partial charge < -0.3 is 25.2 Å². The minimum Gasteiger partial charge on any atom is -0.784 e. The van der Waals surface area contributed by atoms with E-state index < -0.39 is 26.4 Å². The fraction of sp³-hybridized carbons (Fsp3) is 0.667. The first-order valence-corrected chi connectivity index (χ1v) is 4.29. The summed E-state index contributed by atoms with van der Waals surface area (Å²) < 4.78 is 10.1. The third-order valence-electron chi connectivity index (χ3n) is 0.654. The number of carboxylic acid groups (broad SMARTS) is 1. The van der Waals surface area contributed by atoms with Gasteiger partial charge in [-0.15, -0.1) is 0 Å². The normalized spacial score (nSPS) is 12.0. The van der Waals surface area contributed by atoms with E-state index >= 15 is 0 Å². The molecule has 0 saturated heterocycles. The van der Waals surface area contributed by atoms with Crippen molar-refractivity contribution in [2.24, 2.45) is 0 Å². The number of carbonyl (C=O) groups is 1. The van der Waals surface area contributed by atoms with E-state index in [9.17, 15) is 14.6 Å². The minimum absolute atomic E-state index is 0.205. The van der Waals surface area contributed by atoms with Crippen LogP contribution in [0, 0.1) is 5.21 Å². The number of aliphatic carboxylic acids is 1. The highest BCUT2D eigenvalue weighted by Gasteiger charge is 2.14. The topological polar surface area (TPSA) is 121 Å². The second kappa shape index (κ2) is 3.80. The molecule has 0 bridgehead atoms. The summed E-state index contributed by atoms with van der Waals surface area (Å²) in [5.41, 5.74) is 0. The van der Waals surface area contributed by atoms with E-state index in [1.165, 1.54) is 0 Å².